The zero-order chi connectivity index (χ0) is 24.4. The Hall–Kier alpha value is -3.13. The molecule has 0 atom stereocenters. The molecule has 36 heavy (non-hydrogen) atoms. The average molecular weight is 528 g/mol. The fourth-order valence-electron chi connectivity index (χ4n) is 4.50. The number of piperidine rings is 1. The molecule has 2 N–H and O–H groups in total. The maximum Gasteiger partial charge on any atom is 0.195 e. The first-order valence-corrected chi connectivity index (χ1v) is 12.6. The SMILES string of the molecule is Cl.O=C(c1ccc(OCCN2CCCCC2)c(F)c1)c1c(-c2ccc(O)cc2)sc2cc(O)ccc12. The summed E-state index contributed by atoms with van der Waals surface area (Å²) < 4.78 is 21.3. The van der Waals surface area contributed by atoms with Crippen molar-refractivity contribution in [3.8, 4) is 27.7 Å². The number of hydrogen-bond acceptors (Lipinski definition) is 6. The molecule has 5 rings (SSSR count). The second kappa shape index (κ2) is 11.3. The summed E-state index contributed by atoms with van der Waals surface area (Å²) in [5.41, 5.74) is 1.41. The molecule has 5 nitrogen and oxygen atoms in total. The van der Waals surface area contributed by atoms with Crippen molar-refractivity contribution in [1.29, 1.82) is 0 Å². The monoisotopic (exact) mass is 527 g/mol. The van der Waals surface area contributed by atoms with Gasteiger partial charge in [0.25, 0.3) is 0 Å². The summed E-state index contributed by atoms with van der Waals surface area (Å²) in [6.07, 6.45) is 3.64. The first-order chi connectivity index (χ1) is 17.0. The number of carbonyl (C=O) groups excluding carboxylic acids is 1. The smallest absolute Gasteiger partial charge is 0.195 e. The molecule has 4 aromatic rings. The number of rotatable bonds is 7. The minimum absolute atomic E-state index is 0. The van der Waals surface area contributed by atoms with Crippen LogP contribution >= 0.6 is 23.7 Å². The lowest BCUT2D eigenvalue weighted by Gasteiger charge is -2.26. The molecule has 0 spiro atoms. The predicted molar refractivity (Wildman–Crippen MR) is 143 cm³/mol. The van der Waals surface area contributed by atoms with Gasteiger partial charge in [0.1, 0.15) is 18.1 Å². The molecule has 0 amide bonds. The highest BCUT2D eigenvalue weighted by molar-refractivity contribution is 7.22. The fraction of sp³-hybridized carbons (Fsp3) is 0.250. The molecule has 0 saturated carbocycles. The van der Waals surface area contributed by atoms with Gasteiger partial charge in [-0.3, -0.25) is 9.69 Å². The second-order valence-electron chi connectivity index (χ2n) is 8.76. The van der Waals surface area contributed by atoms with Gasteiger partial charge in [0, 0.05) is 32.6 Å². The Labute approximate surface area is 219 Å². The summed E-state index contributed by atoms with van der Waals surface area (Å²) in [4.78, 5) is 16.6. The van der Waals surface area contributed by atoms with Gasteiger partial charge >= 0.3 is 0 Å². The third kappa shape index (κ3) is 5.48. The number of halogens is 2. The van der Waals surface area contributed by atoms with Gasteiger partial charge in [-0.25, -0.2) is 4.39 Å². The Kier molecular flexibility index (Phi) is 8.14. The predicted octanol–water partition coefficient (Wildman–Crippen LogP) is 6.64. The number of phenolic OH excluding ortho intramolecular Hbond substituents is 2. The highest BCUT2D eigenvalue weighted by Gasteiger charge is 2.23. The first-order valence-electron chi connectivity index (χ1n) is 11.7. The highest BCUT2D eigenvalue weighted by atomic mass is 35.5. The van der Waals surface area contributed by atoms with E-state index in [1.807, 2.05) is 0 Å². The number of likely N-dealkylation sites (tertiary alicyclic amines) is 1. The minimum atomic E-state index is -0.571. The molecule has 0 bridgehead atoms. The third-order valence-electron chi connectivity index (χ3n) is 6.34. The lowest BCUT2D eigenvalue weighted by Crippen LogP contribution is -2.33. The van der Waals surface area contributed by atoms with Crippen molar-refractivity contribution in [3.63, 3.8) is 0 Å². The summed E-state index contributed by atoms with van der Waals surface area (Å²) >= 11 is 1.37. The molecule has 1 aliphatic heterocycles. The van der Waals surface area contributed by atoms with Crippen molar-refractivity contribution in [2.75, 3.05) is 26.2 Å². The Morgan fingerprint density at radius 2 is 1.67 bits per heavy atom. The summed E-state index contributed by atoms with van der Waals surface area (Å²) in [5.74, 6) is -0.524. The van der Waals surface area contributed by atoms with Gasteiger partial charge in [-0.15, -0.1) is 23.7 Å². The number of benzene rings is 3. The van der Waals surface area contributed by atoms with E-state index in [4.69, 9.17) is 4.74 Å². The van der Waals surface area contributed by atoms with Crippen LogP contribution in [0.15, 0.2) is 60.7 Å². The van der Waals surface area contributed by atoms with Crippen molar-refractivity contribution < 1.29 is 24.1 Å². The molecule has 2 heterocycles. The molecular weight excluding hydrogens is 501 g/mol. The van der Waals surface area contributed by atoms with Gasteiger partial charge in [-0.2, -0.15) is 0 Å². The Bertz CT molecular complexity index is 1370. The van der Waals surface area contributed by atoms with E-state index >= 15 is 0 Å². The molecule has 1 aliphatic rings. The quantitative estimate of drug-likeness (QED) is 0.264. The molecule has 8 heteroatoms. The second-order valence-corrected chi connectivity index (χ2v) is 9.81. The Balaban J connectivity index is 0.00000304. The van der Waals surface area contributed by atoms with Crippen LogP contribution in [0.3, 0.4) is 0 Å². The van der Waals surface area contributed by atoms with Crippen LogP contribution in [0.25, 0.3) is 20.5 Å². The number of phenols is 2. The number of aromatic hydroxyl groups is 2. The standard InChI is InChI=1S/C28H26FNO4S.ClH/c29-23-16-19(6-11-24(23)34-15-14-30-12-2-1-3-13-30)27(33)26-22-10-9-21(32)17-25(22)35-28(26)18-4-7-20(31)8-5-18;/h4-11,16-17,31-32H,1-3,12-15H2;1H. The minimum Gasteiger partial charge on any atom is -0.508 e. The van der Waals surface area contributed by atoms with Crippen LogP contribution in [0.1, 0.15) is 35.2 Å². The largest absolute Gasteiger partial charge is 0.508 e. The van der Waals surface area contributed by atoms with Gasteiger partial charge in [-0.1, -0.05) is 6.42 Å². The summed E-state index contributed by atoms with van der Waals surface area (Å²) in [7, 11) is 0. The summed E-state index contributed by atoms with van der Waals surface area (Å²) in [6.45, 7) is 3.25. The van der Waals surface area contributed by atoms with E-state index in [1.165, 1.54) is 48.8 Å². The van der Waals surface area contributed by atoms with E-state index in [2.05, 4.69) is 4.90 Å². The van der Waals surface area contributed by atoms with Crippen LogP contribution in [0, 0.1) is 5.82 Å². The Morgan fingerprint density at radius 3 is 2.39 bits per heavy atom. The van der Waals surface area contributed by atoms with Gasteiger partial charge < -0.3 is 14.9 Å². The highest BCUT2D eigenvalue weighted by Crippen LogP contribution is 2.41. The number of thiophene rings is 1. The van der Waals surface area contributed by atoms with Crippen molar-refractivity contribution in [2.45, 2.75) is 19.3 Å². The Morgan fingerprint density at radius 1 is 0.944 bits per heavy atom. The third-order valence-corrected chi connectivity index (χ3v) is 7.54. The maximum absolute atomic E-state index is 14.9. The van der Waals surface area contributed by atoms with Gasteiger partial charge in [0.05, 0.1) is 0 Å². The van der Waals surface area contributed by atoms with Gasteiger partial charge in [-0.05, 0) is 92.2 Å². The van der Waals surface area contributed by atoms with Crippen LogP contribution in [-0.4, -0.2) is 47.1 Å². The van der Waals surface area contributed by atoms with Crippen molar-refractivity contribution in [2.24, 2.45) is 0 Å². The van der Waals surface area contributed by atoms with Crippen molar-refractivity contribution >= 4 is 39.6 Å². The molecule has 1 fully saturated rings. The summed E-state index contributed by atoms with van der Waals surface area (Å²) in [6, 6.07) is 15.8. The molecule has 0 unspecified atom stereocenters. The average Bonchev–Trinajstić information content (AvgIpc) is 3.24. The van der Waals surface area contributed by atoms with Crippen LogP contribution < -0.4 is 4.74 Å². The topological polar surface area (TPSA) is 70.0 Å². The zero-order valence-corrected chi connectivity index (χ0v) is 21.2. The lowest BCUT2D eigenvalue weighted by molar-refractivity contribution is 0.104. The number of ether oxygens (including phenoxy) is 1. The van der Waals surface area contributed by atoms with Gasteiger partial charge in [0.2, 0.25) is 0 Å². The maximum atomic E-state index is 14.9. The number of nitrogens with zero attached hydrogens (tertiary/aromatic N) is 1. The number of carbonyl (C=O) groups is 1. The zero-order valence-electron chi connectivity index (χ0n) is 19.6. The molecular formula is C28H27ClFNO4S. The van der Waals surface area contributed by atoms with Crippen LogP contribution in [0.5, 0.6) is 17.2 Å². The van der Waals surface area contributed by atoms with Crippen LogP contribution in [-0.2, 0) is 0 Å². The van der Waals surface area contributed by atoms with Crippen molar-refractivity contribution in [3.05, 3.63) is 77.6 Å². The van der Waals surface area contributed by atoms with E-state index in [1.54, 1.807) is 42.5 Å². The molecule has 0 radical (unpaired) electrons. The van der Waals surface area contributed by atoms with Crippen LogP contribution in [0.4, 0.5) is 4.39 Å². The molecule has 188 valence electrons. The van der Waals surface area contributed by atoms with E-state index < -0.39 is 5.82 Å². The first kappa shape index (κ1) is 25.9. The number of hydrogen-bond donors (Lipinski definition) is 2. The molecule has 3 aromatic carbocycles. The van der Waals surface area contributed by atoms with E-state index in [9.17, 15) is 19.4 Å². The lowest BCUT2D eigenvalue weighted by atomic mass is 9.97. The fourth-order valence-corrected chi connectivity index (χ4v) is 5.74. The molecule has 1 saturated heterocycles. The molecule has 1 aromatic heterocycles. The number of fused-ring (bicyclic) bond motifs is 1. The van der Waals surface area contributed by atoms with Crippen molar-refractivity contribution in [1.82, 2.24) is 4.90 Å². The van der Waals surface area contributed by atoms with E-state index in [0.29, 0.717) is 22.4 Å². The van der Waals surface area contributed by atoms with E-state index in [0.717, 1.165) is 29.9 Å². The van der Waals surface area contributed by atoms with Crippen LogP contribution in [0.2, 0.25) is 0 Å². The van der Waals surface area contributed by atoms with Gasteiger partial charge in [0.15, 0.2) is 17.3 Å². The molecule has 0 aliphatic carbocycles. The number of ketones is 1. The van der Waals surface area contributed by atoms with E-state index in [-0.39, 0.29) is 41.0 Å². The summed E-state index contributed by atoms with van der Waals surface area (Å²) in [5, 5.41) is 20.3. The normalized spacial score (nSPS) is 13.9.